The summed E-state index contributed by atoms with van der Waals surface area (Å²) in [5.41, 5.74) is 0.236. The van der Waals surface area contributed by atoms with Crippen molar-refractivity contribution in [3.63, 3.8) is 0 Å². The summed E-state index contributed by atoms with van der Waals surface area (Å²) in [5, 5.41) is 0. The highest BCUT2D eigenvalue weighted by Gasteiger charge is 2.32. The van der Waals surface area contributed by atoms with Crippen LogP contribution in [0.5, 0.6) is 0 Å². The molecule has 0 aliphatic carbocycles. The highest BCUT2D eigenvalue weighted by Crippen LogP contribution is 2.29. The summed E-state index contributed by atoms with van der Waals surface area (Å²) < 4.78 is 37.8. The summed E-state index contributed by atoms with van der Waals surface area (Å²) in [6.45, 7) is 3.87. The van der Waals surface area contributed by atoms with E-state index in [1.807, 2.05) is 4.90 Å². The second-order valence-electron chi connectivity index (χ2n) is 6.80. The van der Waals surface area contributed by atoms with E-state index in [0.29, 0.717) is 13.1 Å². The van der Waals surface area contributed by atoms with Gasteiger partial charge in [-0.3, -0.25) is 9.69 Å². The Hall–Kier alpha value is -1.56. The molecule has 0 spiro atoms. The van der Waals surface area contributed by atoms with E-state index in [-0.39, 0.29) is 11.8 Å². The lowest BCUT2D eigenvalue weighted by atomic mass is 10.0. The molecule has 132 valence electrons. The lowest BCUT2D eigenvalue weighted by Gasteiger charge is -2.29. The lowest BCUT2D eigenvalue weighted by Crippen LogP contribution is -2.40. The molecule has 2 aliphatic heterocycles. The van der Waals surface area contributed by atoms with E-state index in [4.69, 9.17) is 0 Å². The van der Waals surface area contributed by atoms with Crippen LogP contribution in [0.2, 0.25) is 0 Å². The van der Waals surface area contributed by atoms with E-state index in [1.54, 1.807) is 0 Å². The third kappa shape index (κ3) is 4.09. The Kier molecular flexibility index (Phi) is 5.13. The van der Waals surface area contributed by atoms with Crippen molar-refractivity contribution in [1.29, 1.82) is 0 Å². The molecule has 1 amide bonds. The van der Waals surface area contributed by atoms with Crippen molar-refractivity contribution < 1.29 is 18.0 Å². The van der Waals surface area contributed by atoms with Crippen LogP contribution in [0.15, 0.2) is 24.3 Å². The van der Waals surface area contributed by atoms with Crippen LogP contribution in [-0.4, -0.2) is 41.9 Å². The second kappa shape index (κ2) is 7.13. The van der Waals surface area contributed by atoms with E-state index in [1.165, 1.54) is 18.6 Å². The van der Waals surface area contributed by atoms with Crippen LogP contribution in [0.3, 0.4) is 0 Å². The fourth-order valence-electron chi connectivity index (χ4n) is 3.61. The summed E-state index contributed by atoms with van der Waals surface area (Å²) in [7, 11) is 0. The number of amides is 1. The molecule has 0 aromatic heterocycles. The molecule has 2 saturated heterocycles. The highest BCUT2D eigenvalue weighted by molar-refractivity contribution is 5.79. The maximum Gasteiger partial charge on any atom is 0.416 e. The number of hydrogen-bond acceptors (Lipinski definition) is 2. The lowest BCUT2D eigenvalue weighted by molar-refractivity contribution is -0.138. The molecule has 1 aromatic carbocycles. The van der Waals surface area contributed by atoms with Crippen molar-refractivity contribution in [2.75, 3.05) is 26.2 Å². The van der Waals surface area contributed by atoms with Gasteiger partial charge in [-0.25, -0.2) is 0 Å². The number of carbonyl (C=O) groups is 1. The van der Waals surface area contributed by atoms with Gasteiger partial charge in [0.1, 0.15) is 0 Å². The van der Waals surface area contributed by atoms with Crippen molar-refractivity contribution in [3.8, 4) is 0 Å². The molecule has 0 N–H and O–H groups in total. The zero-order chi connectivity index (χ0) is 17.2. The van der Waals surface area contributed by atoms with Gasteiger partial charge in [0, 0.05) is 26.2 Å². The molecule has 3 rings (SSSR count). The van der Waals surface area contributed by atoms with Gasteiger partial charge in [0.15, 0.2) is 0 Å². The SMILES string of the molecule is O=C(C1CCN(Cc2ccc(C(F)(F)F)cc2)C1)N1CCCCC1. The molecule has 3 nitrogen and oxygen atoms in total. The third-order valence-corrected chi connectivity index (χ3v) is 4.98. The average Bonchev–Trinajstić information content (AvgIpc) is 3.03. The van der Waals surface area contributed by atoms with Crippen LogP contribution >= 0.6 is 0 Å². The van der Waals surface area contributed by atoms with Gasteiger partial charge >= 0.3 is 6.18 Å². The van der Waals surface area contributed by atoms with Crippen LogP contribution in [-0.2, 0) is 17.5 Å². The Morgan fingerprint density at radius 1 is 1.04 bits per heavy atom. The van der Waals surface area contributed by atoms with Gasteiger partial charge in [-0.2, -0.15) is 13.2 Å². The number of halogens is 3. The normalized spacial score (nSPS) is 22.8. The van der Waals surface area contributed by atoms with Crippen LogP contribution < -0.4 is 0 Å². The molecule has 2 aliphatic rings. The zero-order valence-corrected chi connectivity index (χ0v) is 13.7. The smallest absolute Gasteiger partial charge is 0.342 e. The summed E-state index contributed by atoms with van der Waals surface area (Å²) >= 11 is 0. The van der Waals surface area contributed by atoms with E-state index < -0.39 is 11.7 Å². The summed E-state index contributed by atoms with van der Waals surface area (Å²) in [6.07, 6.45) is -0.0654. The predicted molar refractivity (Wildman–Crippen MR) is 85.3 cm³/mol. The Bertz CT molecular complexity index is 565. The topological polar surface area (TPSA) is 23.6 Å². The first-order valence-corrected chi connectivity index (χ1v) is 8.61. The summed E-state index contributed by atoms with van der Waals surface area (Å²) in [6, 6.07) is 5.31. The first kappa shape index (κ1) is 17.3. The minimum Gasteiger partial charge on any atom is -0.342 e. The zero-order valence-electron chi connectivity index (χ0n) is 13.7. The van der Waals surface area contributed by atoms with Gasteiger partial charge in [-0.15, -0.1) is 0 Å². The molecule has 0 saturated carbocycles. The fourth-order valence-corrected chi connectivity index (χ4v) is 3.61. The number of piperidine rings is 1. The van der Waals surface area contributed by atoms with Crippen molar-refractivity contribution in [2.24, 2.45) is 5.92 Å². The van der Waals surface area contributed by atoms with Gasteiger partial charge in [0.25, 0.3) is 0 Å². The molecular formula is C18H23F3N2O. The average molecular weight is 340 g/mol. The summed E-state index contributed by atoms with van der Waals surface area (Å²) in [5.74, 6) is 0.294. The minimum absolute atomic E-state index is 0.0394. The van der Waals surface area contributed by atoms with Crippen molar-refractivity contribution >= 4 is 5.91 Å². The first-order valence-electron chi connectivity index (χ1n) is 8.61. The Morgan fingerprint density at radius 2 is 1.71 bits per heavy atom. The van der Waals surface area contributed by atoms with Gasteiger partial charge in [0.2, 0.25) is 5.91 Å². The van der Waals surface area contributed by atoms with E-state index in [0.717, 1.165) is 56.6 Å². The van der Waals surface area contributed by atoms with Crippen LogP contribution in [0.4, 0.5) is 13.2 Å². The molecule has 1 aromatic rings. The molecule has 0 radical (unpaired) electrons. The predicted octanol–water partition coefficient (Wildman–Crippen LogP) is 3.54. The molecule has 2 heterocycles. The van der Waals surface area contributed by atoms with Gasteiger partial charge in [0.05, 0.1) is 11.5 Å². The molecule has 2 fully saturated rings. The van der Waals surface area contributed by atoms with Gasteiger partial charge in [-0.1, -0.05) is 12.1 Å². The number of benzene rings is 1. The Morgan fingerprint density at radius 3 is 2.33 bits per heavy atom. The quantitative estimate of drug-likeness (QED) is 0.840. The standard InChI is InChI=1S/C18H23F3N2O/c19-18(20,21)16-6-4-14(5-7-16)12-22-11-8-15(13-22)17(24)23-9-2-1-3-10-23/h4-7,15H,1-3,8-13H2. The molecule has 0 bridgehead atoms. The van der Waals surface area contributed by atoms with Crippen LogP contribution in [0, 0.1) is 5.92 Å². The molecule has 6 heteroatoms. The third-order valence-electron chi connectivity index (χ3n) is 4.98. The van der Waals surface area contributed by atoms with Crippen LogP contribution in [0.1, 0.15) is 36.8 Å². The molecular weight excluding hydrogens is 317 g/mol. The van der Waals surface area contributed by atoms with E-state index in [2.05, 4.69) is 4.90 Å². The maximum atomic E-state index is 12.6. The number of likely N-dealkylation sites (tertiary alicyclic amines) is 2. The maximum absolute atomic E-state index is 12.6. The number of carbonyl (C=O) groups excluding carboxylic acids is 1. The number of nitrogens with zero attached hydrogens (tertiary/aromatic N) is 2. The molecule has 1 atom stereocenters. The fraction of sp³-hybridized carbons (Fsp3) is 0.611. The number of rotatable bonds is 3. The largest absolute Gasteiger partial charge is 0.416 e. The number of alkyl halides is 3. The summed E-state index contributed by atoms with van der Waals surface area (Å²) in [4.78, 5) is 16.7. The highest BCUT2D eigenvalue weighted by atomic mass is 19.4. The monoisotopic (exact) mass is 340 g/mol. The number of hydrogen-bond donors (Lipinski definition) is 0. The Labute approximate surface area is 140 Å². The van der Waals surface area contributed by atoms with Crippen molar-refractivity contribution in [3.05, 3.63) is 35.4 Å². The van der Waals surface area contributed by atoms with Gasteiger partial charge < -0.3 is 4.90 Å². The minimum atomic E-state index is -4.29. The van der Waals surface area contributed by atoms with E-state index >= 15 is 0 Å². The van der Waals surface area contributed by atoms with Crippen LogP contribution in [0.25, 0.3) is 0 Å². The van der Waals surface area contributed by atoms with Crippen molar-refractivity contribution in [2.45, 2.75) is 38.4 Å². The van der Waals surface area contributed by atoms with Crippen molar-refractivity contribution in [1.82, 2.24) is 9.80 Å². The van der Waals surface area contributed by atoms with Gasteiger partial charge in [-0.05, 0) is 49.9 Å². The second-order valence-corrected chi connectivity index (χ2v) is 6.80. The molecule has 1 unspecified atom stereocenters. The Balaban J connectivity index is 1.53. The van der Waals surface area contributed by atoms with E-state index in [9.17, 15) is 18.0 Å². The first-order chi connectivity index (χ1) is 11.4. The molecule has 24 heavy (non-hydrogen) atoms.